The van der Waals surface area contributed by atoms with E-state index in [1.807, 2.05) is 30.3 Å². The van der Waals surface area contributed by atoms with E-state index in [0.717, 1.165) is 25.8 Å². The molecule has 0 bridgehead atoms. The van der Waals surface area contributed by atoms with Crippen molar-refractivity contribution in [3.63, 3.8) is 0 Å². The molecule has 0 spiro atoms. The predicted molar refractivity (Wildman–Crippen MR) is 393 cm³/mol. The minimum atomic E-state index is -1.41. The second kappa shape index (κ2) is 24.9. The Labute approximate surface area is 545 Å². The number of fused-ring (bicyclic) bond motifs is 9. The fraction of sp³-hybridized carbons (Fsp3) is 0. The topological polar surface area (TPSA) is 50.3 Å². The van der Waals surface area contributed by atoms with Gasteiger partial charge in [-0.3, -0.25) is 0 Å². The number of aromatic nitrogens is 2. The van der Waals surface area contributed by atoms with Gasteiger partial charge < -0.3 is 19.2 Å². The quantitative estimate of drug-likeness (QED) is 0.149. The largest absolute Gasteiger partial charge is 0.488 e. The van der Waals surface area contributed by atoms with Crippen LogP contribution in [0.2, 0.25) is 0 Å². The van der Waals surface area contributed by atoms with Crippen molar-refractivity contribution in [1.29, 1.82) is 0 Å². The Balaban J connectivity index is 0.000000140. The number of nitrogens with zero attached hydrogens (tertiary/aromatic N) is 2. The molecule has 0 amide bonds. The van der Waals surface area contributed by atoms with E-state index in [4.69, 9.17) is 10.0 Å². The van der Waals surface area contributed by atoms with Gasteiger partial charge in [-0.15, -0.1) is 0 Å². The normalized spacial score (nSPS) is 11.3. The number of hydrogen-bond donors (Lipinski definition) is 2. The van der Waals surface area contributed by atoms with Crippen molar-refractivity contribution in [1.82, 2.24) is 9.13 Å². The molecule has 0 radical (unpaired) electrons. The molecule has 0 fully saturated rings. The fourth-order valence-corrected chi connectivity index (χ4v) is 13.4. The lowest BCUT2D eigenvalue weighted by atomic mass is 9.80. The van der Waals surface area contributed by atoms with Crippen LogP contribution in [0.5, 0.6) is 0 Å². The van der Waals surface area contributed by atoms with Gasteiger partial charge in [0.15, 0.2) is 0 Å². The minimum absolute atomic E-state index is 0.504. The third-order valence-electron chi connectivity index (χ3n) is 17.4. The van der Waals surface area contributed by atoms with Gasteiger partial charge in [-0.25, -0.2) is 0 Å². The zero-order valence-corrected chi connectivity index (χ0v) is 52.5. The van der Waals surface area contributed by atoms with Crippen molar-refractivity contribution < 1.29 is 10.0 Å². The van der Waals surface area contributed by atoms with Gasteiger partial charge >= 0.3 is 7.12 Å². The van der Waals surface area contributed by atoms with E-state index >= 15 is 0 Å². The van der Waals surface area contributed by atoms with Crippen LogP contribution in [0.1, 0.15) is 0 Å². The molecule has 432 valence electrons. The summed E-state index contributed by atoms with van der Waals surface area (Å²) < 4.78 is 6.90. The highest BCUT2D eigenvalue weighted by atomic mass is 79.9. The lowest BCUT2D eigenvalue weighted by Crippen LogP contribution is -2.29. The highest BCUT2D eigenvalue weighted by molar-refractivity contribution is 9.10. The molecule has 17 aromatic rings. The minimum Gasteiger partial charge on any atom is -0.423 e. The van der Waals surface area contributed by atoms with E-state index in [2.05, 4.69) is 332 Å². The molecular weight excluding hydrogens is 1240 g/mol. The zero-order valence-electron chi connectivity index (χ0n) is 49.4. The Morgan fingerprint density at radius 1 is 0.220 bits per heavy atom. The van der Waals surface area contributed by atoms with E-state index < -0.39 is 7.12 Å². The maximum absolute atomic E-state index is 9.08. The lowest BCUT2D eigenvalue weighted by Gasteiger charge is -2.09. The predicted octanol–water partition coefficient (Wildman–Crippen LogP) is 22.3. The van der Waals surface area contributed by atoms with Gasteiger partial charge in [0.1, 0.15) is 0 Å². The Morgan fingerprint density at radius 2 is 0.473 bits per heavy atom. The first-order valence-corrected chi connectivity index (χ1v) is 32.0. The van der Waals surface area contributed by atoms with Crippen LogP contribution in [0.4, 0.5) is 0 Å². The lowest BCUT2D eigenvalue weighted by molar-refractivity contribution is 0.426. The molecule has 0 atom stereocenters. The van der Waals surface area contributed by atoms with E-state index in [-0.39, 0.29) is 0 Å². The zero-order chi connectivity index (χ0) is 61.4. The van der Waals surface area contributed by atoms with E-state index in [0.29, 0.717) is 5.46 Å². The molecule has 2 heterocycles. The molecule has 0 unspecified atom stereocenters. The Kier molecular flexibility index (Phi) is 15.6. The van der Waals surface area contributed by atoms with Crippen molar-refractivity contribution in [2.75, 3.05) is 0 Å². The molecule has 7 heteroatoms. The number of rotatable bonds is 8. The summed E-state index contributed by atoms with van der Waals surface area (Å²) in [6.45, 7) is 0. The molecule has 0 aliphatic carbocycles. The first kappa shape index (κ1) is 57.1. The molecular formula is C84H57BBr2N2O2. The summed E-state index contributed by atoms with van der Waals surface area (Å²) in [6, 6.07) is 118. The van der Waals surface area contributed by atoms with Crippen LogP contribution < -0.4 is 5.46 Å². The van der Waals surface area contributed by atoms with Crippen molar-refractivity contribution >= 4 is 120 Å². The molecule has 17 rings (SSSR count). The molecule has 0 aliphatic rings. The summed E-state index contributed by atoms with van der Waals surface area (Å²) in [7, 11) is -1.41. The third kappa shape index (κ3) is 11.6. The van der Waals surface area contributed by atoms with Gasteiger partial charge in [0.25, 0.3) is 0 Å². The van der Waals surface area contributed by atoms with Crippen molar-refractivity contribution in [2.45, 2.75) is 0 Å². The summed E-state index contributed by atoms with van der Waals surface area (Å²) in [6.07, 6.45) is 0. The van der Waals surface area contributed by atoms with Gasteiger partial charge in [0.2, 0.25) is 0 Å². The number of halogens is 2. The van der Waals surface area contributed by atoms with Gasteiger partial charge in [-0.05, 0) is 197 Å². The van der Waals surface area contributed by atoms with Crippen molar-refractivity contribution in [3.05, 3.63) is 343 Å². The van der Waals surface area contributed by atoms with Gasteiger partial charge in [-0.2, -0.15) is 0 Å². The van der Waals surface area contributed by atoms with Crippen LogP contribution in [0.25, 0.3) is 143 Å². The molecule has 0 saturated heterocycles. The summed E-state index contributed by atoms with van der Waals surface area (Å²) in [5.41, 5.74) is 19.7. The molecule has 15 aromatic carbocycles. The van der Waals surface area contributed by atoms with Gasteiger partial charge in [0.05, 0.1) is 22.1 Å². The average molecular weight is 1300 g/mol. The summed E-state index contributed by atoms with van der Waals surface area (Å²) >= 11 is 7.16. The van der Waals surface area contributed by atoms with Crippen LogP contribution >= 0.6 is 31.9 Å². The van der Waals surface area contributed by atoms with E-state index in [1.165, 1.54) is 126 Å². The summed E-state index contributed by atoms with van der Waals surface area (Å²) in [5, 5.41) is 30.6. The Morgan fingerprint density at radius 3 is 0.802 bits per heavy atom. The van der Waals surface area contributed by atoms with Crippen molar-refractivity contribution in [2.24, 2.45) is 0 Å². The maximum Gasteiger partial charge on any atom is 0.488 e. The number of para-hydroxylation sites is 2. The van der Waals surface area contributed by atoms with Crippen LogP contribution in [0.3, 0.4) is 0 Å². The maximum atomic E-state index is 9.08. The molecule has 4 nitrogen and oxygen atoms in total. The average Bonchev–Trinajstić information content (AvgIpc) is 1.62. The summed E-state index contributed by atoms with van der Waals surface area (Å²) in [5.74, 6) is 0. The second-order valence-corrected chi connectivity index (χ2v) is 24.8. The van der Waals surface area contributed by atoms with Crippen molar-refractivity contribution in [3.8, 4) is 67.0 Å². The van der Waals surface area contributed by atoms with Gasteiger partial charge in [0, 0.05) is 41.9 Å². The Bertz CT molecular complexity index is 5270. The van der Waals surface area contributed by atoms with Crippen LogP contribution in [0.15, 0.2) is 343 Å². The first-order valence-electron chi connectivity index (χ1n) is 30.5. The highest BCUT2D eigenvalue weighted by Crippen LogP contribution is 2.40. The van der Waals surface area contributed by atoms with Crippen LogP contribution in [-0.4, -0.2) is 26.3 Å². The molecule has 91 heavy (non-hydrogen) atoms. The highest BCUT2D eigenvalue weighted by Gasteiger charge is 2.17. The Hall–Kier alpha value is -10.4. The molecule has 0 aliphatic heterocycles. The number of benzene rings is 15. The summed E-state index contributed by atoms with van der Waals surface area (Å²) in [4.78, 5) is 0. The monoisotopic (exact) mass is 1290 g/mol. The van der Waals surface area contributed by atoms with Crippen LogP contribution in [-0.2, 0) is 0 Å². The number of hydrogen-bond acceptors (Lipinski definition) is 2. The van der Waals surface area contributed by atoms with Gasteiger partial charge in [-0.1, -0.05) is 262 Å². The third-order valence-corrected chi connectivity index (χ3v) is 18.4. The molecule has 2 aromatic heterocycles. The standard InChI is InChI=1S/C50H33N.C18H11Br2N.C16H13BO2/c1-2-12-46(13-3-1)51-49-28-26-44(38-18-14-36(15-19-38)42-24-22-34-8-4-6-10-40(34)30-42)32-47(49)48-33-45(27-29-50(48)51)39-20-16-37(17-21-39)43-25-23-35-9-5-7-11-41(35)31-43;19-12-6-8-17-15(10-12)16-11-13(20)7-9-18(16)21(17)14-4-2-1-3-5-14;18-17(19)16-9-7-13(8-10-16)15-6-5-12-3-1-2-4-14(12)11-15/h1-33H;1-11H;1-11,18-19H. The molecule has 2 N–H and O–H groups in total. The first-order chi connectivity index (χ1) is 44.7. The molecule has 0 saturated carbocycles. The van der Waals surface area contributed by atoms with E-state index in [1.54, 1.807) is 12.1 Å². The second-order valence-electron chi connectivity index (χ2n) is 23.0. The van der Waals surface area contributed by atoms with E-state index in [9.17, 15) is 0 Å². The SMILES string of the molecule is Brc1ccc2c(c1)c1cc(Br)ccc1n2-c1ccccc1.OB(O)c1ccc(-c2ccc3ccccc3c2)cc1.c1ccc(-n2c3ccc(-c4ccc(-c5ccc6ccccc6c5)cc4)cc3c3cc(-c4ccc(-c5ccc6ccccc6c5)cc4)ccc32)cc1. The smallest absolute Gasteiger partial charge is 0.423 e. The van der Waals surface area contributed by atoms with Crippen LogP contribution in [0, 0.1) is 0 Å². The fourth-order valence-electron chi connectivity index (χ4n) is 12.7.